The molecule has 3 heterocycles. The van der Waals surface area contributed by atoms with Crippen LogP contribution in [0.25, 0.3) is 11.2 Å². The average Bonchev–Trinajstić information content (AvgIpc) is 3.35. The molecule has 1 saturated heterocycles. The molecule has 208 valence electrons. The Hall–Kier alpha value is -4.33. The zero-order chi connectivity index (χ0) is 27.2. The van der Waals surface area contributed by atoms with Crippen molar-refractivity contribution < 1.29 is 4.79 Å². The molecule has 0 saturated carbocycles. The van der Waals surface area contributed by atoms with Gasteiger partial charge in [-0.3, -0.25) is 23.3 Å². The topological polar surface area (TPSA) is 106 Å². The van der Waals surface area contributed by atoms with Crippen LogP contribution in [-0.2, 0) is 30.8 Å². The first-order chi connectivity index (χ1) is 19.1. The number of carbonyl (C=O) groups is 1. The van der Waals surface area contributed by atoms with Crippen LogP contribution in [0.15, 0.2) is 70.3 Å². The number of nitrogens with one attached hydrogen (secondary N) is 2. The summed E-state index contributed by atoms with van der Waals surface area (Å²) in [5.74, 6) is 6.13. The van der Waals surface area contributed by atoms with Gasteiger partial charge in [0.1, 0.15) is 6.54 Å². The van der Waals surface area contributed by atoms with E-state index in [1.165, 1.54) is 9.13 Å². The van der Waals surface area contributed by atoms with E-state index in [-0.39, 0.29) is 49.1 Å². The lowest BCUT2D eigenvalue weighted by molar-refractivity contribution is -0.116. The number of aromatic nitrogens is 4. The number of nitrogens with zero attached hydrogens (tertiary/aromatic N) is 5. The number of rotatable bonds is 8. The molecule has 0 atom stereocenters. The molecule has 0 spiro atoms. The maximum Gasteiger partial charge on any atom is 0.333 e. The summed E-state index contributed by atoms with van der Waals surface area (Å²) in [6.45, 7) is 4.82. The first-order valence-corrected chi connectivity index (χ1v) is 13.0. The van der Waals surface area contributed by atoms with E-state index in [1.807, 2.05) is 48.5 Å². The number of carbonyl (C=O) groups excluding carboxylic acids is 1. The second-order valence-electron chi connectivity index (χ2n) is 9.31. The van der Waals surface area contributed by atoms with Gasteiger partial charge in [0, 0.05) is 38.4 Å². The standard InChI is InChI=1S/C29H31N7O3.ClH/c1-2-3-17-34-25-26(32-28(34)33-19-15-30-16-20-33)36(21-24(37)31-23-12-8-5-9-13-23)29(39)35(27(25)38)18-14-22-10-6-4-7-11-22;/h4-13,30H,14-21H2,1H3,(H,31,37);1H. The van der Waals surface area contributed by atoms with Gasteiger partial charge in [-0.05, 0) is 31.0 Å². The molecule has 10 nitrogen and oxygen atoms in total. The minimum Gasteiger partial charge on any atom is -0.340 e. The molecule has 0 unspecified atom stereocenters. The van der Waals surface area contributed by atoms with Crippen LogP contribution in [0.5, 0.6) is 0 Å². The number of piperazine rings is 1. The summed E-state index contributed by atoms with van der Waals surface area (Å²) >= 11 is 0. The molecule has 0 aliphatic carbocycles. The number of imidazole rings is 1. The van der Waals surface area contributed by atoms with E-state index >= 15 is 0 Å². The van der Waals surface area contributed by atoms with Crippen LogP contribution in [0.4, 0.5) is 11.6 Å². The molecule has 11 heteroatoms. The van der Waals surface area contributed by atoms with Gasteiger partial charge in [-0.15, -0.1) is 18.3 Å². The number of fused-ring (bicyclic) bond motifs is 1. The number of hydrogen-bond donors (Lipinski definition) is 2. The lowest BCUT2D eigenvalue weighted by Gasteiger charge is -2.28. The molecule has 5 rings (SSSR count). The van der Waals surface area contributed by atoms with Crippen molar-refractivity contribution in [3.8, 4) is 11.8 Å². The van der Waals surface area contributed by atoms with Gasteiger partial charge in [0.15, 0.2) is 11.2 Å². The predicted octanol–water partition coefficient (Wildman–Crippen LogP) is 2.10. The van der Waals surface area contributed by atoms with Crippen molar-refractivity contribution in [3.63, 3.8) is 0 Å². The van der Waals surface area contributed by atoms with E-state index in [0.29, 0.717) is 31.1 Å². The molecule has 2 N–H and O–H groups in total. The van der Waals surface area contributed by atoms with Crippen molar-refractivity contribution in [1.82, 2.24) is 24.0 Å². The summed E-state index contributed by atoms with van der Waals surface area (Å²) in [4.78, 5) is 47.6. The van der Waals surface area contributed by atoms with Gasteiger partial charge < -0.3 is 15.5 Å². The molecule has 0 radical (unpaired) electrons. The third kappa shape index (κ3) is 6.11. The highest BCUT2D eigenvalue weighted by atomic mass is 35.5. The second-order valence-corrected chi connectivity index (χ2v) is 9.31. The third-order valence-electron chi connectivity index (χ3n) is 6.73. The van der Waals surface area contributed by atoms with Crippen LogP contribution in [0.2, 0.25) is 0 Å². The van der Waals surface area contributed by atoms with Crippen molar-refractivity contribution in [2.75, 3.05) is 36.4 Å². The van der Waals surface area contributed by atoms with Crippen LogP contribution in [-0.4, -0.2) is 50.8 Å². The van der Waals surface area contributed by atoms with Gasteiger partial charge in [-0.1, -0.05) is 54.5 Å². The van der Waals surface area contributed by atoms with Crippen LogP contribution in [0.3, 0.4) is 0 Å². The van der Waals surface area contributed by atoms with E-state index in [9.17, 15) is 14.4 Å². The quantitative estimate of drug-likeness (QED) is 0.319. The molecule has 4 aromatic rings. The van der Waals surface area contributed by atoms with Crippen LogP contribution < -0.4 is 26.8 Å². The van der Waals surface area contributed by atoms with Crippen molar-refractivity contribution in [2.45, 2.75) is 33.0 Å². The van der Waals surface area contributed by atoms with Crippen LogP contribution >= 0.6 is 12.4 Å². The summed E-state index contributed by atoms with van der Waals surface area (Å²) in [5.41, 5.74) is 1.09. The minimum atomic E-state index is -0.565. The highest BCUT2D eigenvalue weighted by Crippen LogP contribution is 2.21. The maximum atomic E-state index is 13.9. The van der Waals surface area contributed by atoms with E-state index in [1.54, 1.807) is 23.6 Å². The molecular weight excluding hydrogens is 530 g/mol. The largest absolute Gasteiger partial charge is 0.340 e. The number of anilines is 2. The van der Waals surface area contributed by atoms with Gasteiger partial charge in [-0.2, -0.15) is 4.98 Å². The highest BCUT2D eigenvalue weighted by molar-refractivity contribution is 5.91. The van der Waals surface area contributed by atoms with E-state index in [0.717, 1.165) is 18.7 Å². The highest BCUT2D eigenvalue weighted by Gasteiger charge is 2.26. The predicted molar refractivity (Wildman–Crippen MR) is 159 cm³/mol. The van der Waals surface area contributed by atoms with Crippen LogP contribution in [0.1, 0.15) is 12.5 Å². The molecule has 1 aliphatic heterocycles. The van der Waals surface area contributed by atoms with Crippen molar-refractivity contribution in [1.29, 1.82) is 0 Å². The average molecular weight is 562 g/mol. The second kappa shape index (κ2) is 13.2. The number of benzene rings is 2. The number of halogens is 1. The smallest absolute Gasteiger partial charge is 0.333 e. The number of hydrogen-bond acceptors (Lipinski definition) is 6. The Labute approximate surface area is 238 Å². The summed E-state index contributed by atoms with van der Waals surface area (Å²) in [6.07, 6.45) is 0.491. The number of amides is 1. The third-order valence-corrected chi connectivity index (χ3v) is 6.73. The van der Waals surface area contributed by atoms with Crippen molar-refractivity contribution in [2.24, 2.45) is 0 Å². The Morgan fingerprint density at radius 2 is 1.65 bits per heavy atom. The Balaban J connectivity index is 0.00000370. The van der Waals surface area contributed by atoms with E-state index < -0.39 is 11.2 Å². The first-order valence-electron chi connectivity index (χ1n) is 13.0. The van der Waals surface area contributed by atoms with Crippen molar-refractivity contribution >= 4 is 41.1 Å². The zero-order valence-electron chi connectivity index (χ0n) is 22.3. The first kappa shape index (κ1) is 28.7. The molecule has 0 bridgehead atoms. The van der Waals surface area contributed by atoms with Crippen molar-refractivity contribution in [3.05, 3.63) is 87.1 Å². The van der Waals surface area contributed by atoms with E-state index in [2.05, 4.69) is 27.4 Å². The summed E-state index contributed by atoms with van der Waals surface area (Å²) < 4.78 is 4.30. The Morgan fingerprint density at radius 1 is 0.975 bits per heavy atom. The maximum absolute atomic E-state index is 13.9. The summed E-state index contributed by atoms with van der Waals surface area (Å²) in [5, 5.41) is 6.15. The normalized spacial score (nSPS) is 12.9. The fourth-order valence-electron chi connectivity index (χ4n) is 4.78. The summed E-state index contributed by atoms with van der Waals surface area (Å²) in [7, 11) is 0. The monoisotopic (exact) mass is 561 g/mol. The van der Waals surface area contributed by atoms with Gasteiger partial charge in [-0.25, -0.2) is 4.79 Å². The zero-order valence-corrected chi connectivity index (χ0v) is 23.1. The molecule has 1 amide bonds. The summed E-state index contributed by atoms with van der Waals surface area (Å²) in [6, 6.07) is 18.7. The molecule has 1 fully saturated rings. The lowest BCUT2D eigenvalue weighted by atomic mass is 10.1. The van der Waals surface area contributed by atoms with Gasteiger partial charge >= 0.3 is 5.69 Å². The fraction of sp³-hybridized carbons (Fsp3) is 0.310. The number of para-hydroxylation sites is 1. The Kier molecular flexibility index (Phi) is 9.43. The molecular formula is C29H32ClN7O3. The fourth-order valence-corrected chi connectivity index (χ4v) is 4.78. The van der Waals surface area contributed by atoms with Crippen LogP contribution in [0, 0.1) is 11.8 Å². The molecule has 2 aromatic heterocycles. The molecule has 1 aliphatic rings. The van der Waals surface area contributed by atoms with E-state index in [4.69, 9.17) is 4.98 Å². The van der Waals surface area contributed by atoms with Gasteiger partial charge in [0.2, 0.25) is 11.9 Å². The lowest BCUT2D eigenvalue weighted by Crippen LogP contribution is -2.44. The van der Waals surface area contributed by atoms with Gasteiger partial charge in [0.25, 0.3) is 5.56 Å². The Morgan fingerprint density at radius 3 is 2.33 bits per heavy atom. The number of aryl methyl sites for hydroxylation is 1. The SMILES string of the molecule is CC#CCn1c(N2CCNCC2)nc2c1c(=O)n(CCc1ccccc1)c(=O)n2CC(=O)Nc1ccccc1.Cl. The molecule has 2 aromatic carbocycles. The molecule has 40 heavy (non-hydrogen) atoms. The van der Waals surface area contributed by atoms with Gasteiger partial charge in [0.05, 0.1) is 6.54 Å². The minimum absolute atomic E-state index is 0. The Bertz CT molecular complexity index is 1640.